The van der Waals surface area contributed by atoms with Crippen molar-refractivity contribution in [1.29, 1.82) is 0 Å². The van der Waals surface area contributed by atoms with Gasteiger partial charge in [0.2, 0.25) is 0 Å². The third kappa shape index (κ3) is 4.86. The standard InChI is InChI=1S/C16H20N2O2Te2/c1-3-19-15-9-11(5-7-13(15)17)21-22-12-6-8-14(18)16(10-12)20-4-2/h5-10H,3-4,17-18H2,1-2H3. The molecule has 22 heavy (non-hydrogen) atoms. The van der Waals surface area contributed by atoms with Gasteiger partial charge in [0.1, 0.15) is 0 Å². The number of anilines is 2. The van der Waals surface area contributed by atoms with E-state index in [9.17, 15) is 0 Å². The molecular weight excluding hydrogens is 507 g/mol. The second-order valence-corrected chi connectivity index (χ2v) is 14.5. The molecule has 0 aliphatic heterocycles. The Morgan fingerprint density at radius 2 is 1.18 bits per heavy atom. The monoisotopic (exact) mass is 532 g/mol. The quantitative estimate of drug-likeness (QED) is 0.415. The Balaban J connectivity index is 2.06. The van der Waals surface area contributed by atoms with Gasteiger partial charge in [-0.15, -0.1) is 0 Å². The Labute approximate surface area is 147 Å². The van der Waals surface area contributed by atoms with Gasteiger partial charge in [0.15, 0.2) is 0 Å². The summed E-state index contributed by atoms with van der Waals surface area (Å²) in [6.07, 6.45) is 0. The van der Waals surface area contributed by atoms with E-state index in [0.29, 0.717) is 24.6 Å². The van der Waals surface area contributed by atoms with Crippen molar-refractivity contribution in [2.45, 2.75) is 13.8 Å². The van der Waals surface area contributed by atoms with Gasteiger partial charge in [0, 0.05) is 0 Å². The van der Waals surface area contributed by atoms with E-state index >= 15 is 0 Å². The van der Waals surface area contributed by atoms with Crippen LogP contribution >= 0.6 is 0 Å². The van der Waals surface area contributed by atoms with Crippen LogP contribution in [0.3, 0.4) is 0 Å². The molecule has 0 spiro atoms. The molecule has 4 nitrogen and oxygen atoms in total. The minimum absolute atomic E-state index is 0.222. The predicted molar refractivity (Wildman–Crippen MR) is 94.8 cm³/mol. The van der Waals surface area contributed by atoms with Crippen molar-refractivity contribution >= 4 is 52.7 Å². The van der Waals surface area contributed by atoms with Crippen molar-refractivity contribution in [2.75, 3.05) is 24.7 Å². The molecule has 0 aromatic heterocycles. The zero-order valence-corrected chi connectivity index (χ0v) is 17.3. The summed E-state index contributed by atoms with van der Waals surface area (Å²) in [7, 11) is 0. The van der Waals surface area contributed by atoms with E-state index in [-0.39, 0.29) is 34.1 Å². The SMILES string of the molecule is CCOc1cc([Te][Te]c2ccc(N)c(OCC)c2)ccc1N. The van der Waals surface area contributed by atoms with Crippen LogP contribution in [-0.4, -0.2) is 47.3 Å². The fourth-order valence-electron chi connectivity index (χ4n) is 1.79. The van der Waals surface area contributed by atoms with Gasteiger partial charge in [0.05, 0.1) is 0 Å². The molecule has 2 aromatic carbocycles. The van der Waals surface area contributed by atoms with E-state index in [1.54, 1.807) is 0 Å². The topological polar surface area (TPSA) is 70.5 Å². The van der Waals surface area contributed by atoms with Crippen molar-refractivity contribution in [3.8, 4) is 11.5 Å². The second kappa shape index (κ2) is 8.75. The zero-order valence-electron chi connectivity index (χ0n) is 12.7. The first-order valence-corrected chi connectivity index (χ1v) is 16.7. The van der Waals surface area contributed by atoms with Crippen LogP contribution < -0.4 is 28.2 Å². The molecule has 0 bridgehead atoms. The summed E-state index contributed by atoms with van der Waals surface area (Å²) in [5.41, 5.74) is 13.3. The Morgan fingerprint density at radius 3 is 1.55 bits per heavy atom. The Bertz CT molecular complexity index is 580. The number of nitrogens with two attached hydrogens (primary N) is 2. The molecule has 0 aliphatic carbocycles. The van der Waals surface area contributed by atoms with Crippen molar-refractivity contribution in [3.05, 3.63) is 36.4 Å². The molecule has 2 rings (SSSR count). The van der Waals surface area contributed by atoms with Gasteiger partial charge in [-0.3, -0.25) is 0 Å². The number of ether oxygens (including phenoxy) is 2. The number of benzene rings is 2. The summed E-state index contributed by atoms with van der Waals surface area (Å²) in [5, 5.41) is 0. The van der Waals surface area contributed by atoms with Gasteiger partial charge in [-0.25, -0.2) is 0 Å². The maximum atomic E-state index is 5.92. The van der Waals surface area contributed by atoms with E-state index in [0.717, 1.165) is 11.5 Å². The van der Waals surface area contributed by atoms with Crippen LogP contribution in [0.15, 0.2) is 36.4 Å². The van der Waals surface area contributed by atoms with Crippen molar-refractivity contribution in [1.82, 2.24) is 0 Å². The molecule has 0 unspecified atom stereocenters. The van der Waals surface area contributed by atoms with E-state index < -0.39 is 0 Å². The van der Waals surface area contributed by atoms with Crippen LogP contribution in [0.1, 0.15) is 13.8 Å². The molecule has 118 valence electrons. The van der Waals surface area contributed by atoms with Crippen molar-refractivity contribution in [3.63, 3.8) is 0 Å². The molecule has 0 aliphatic rings. The molecule has 0 fully saturated rings. The van der Waals surface area contributed by atoms with Gasteiger partial charge in [-0.2, -0.15) is 0 Å². The molecule has 0 atom stereocenters. The minimum atomic E-state index is -0.222. The van der Waals surface area contributed by atoms with Crippen molar-refractivity contribution < 1.29 is 9.47 Å². The Morgan fingerprint density at radius 1 is 0.773 bits per heavy atom. The first kappa shape index (κ1) is 17.6. The summed E-state index contributed by atoms with van der Waals surface area (Å²) in [4.78, 5) is 0. The van der Waals surface area contributed by atoms with Gasteiger partial charge in [-0.1, -0.05) is 0 Å². The molecule has 0 radical (unpaired) electrons. The fraction of sp³-hybridized carbons (Fsp3) is 0.250. The predicted octanol–water partition coefficient (Wildman–Crippen LogP) is 0.923. The molecule has 6 heteroatoms. The van der Waals surface area contributed by atoms with Gasteiger partial charge in [-0.05, 0) is 0 Å². The summed E-state index contributed by atoms with van der Waals surface area (Å²) in [6, 6.07) is 12.4. The van der Waals surface area contributed by atoms with E-state index in [4.69, 9.17) is 20.9 Å². The normalized spacial score (nSPS) is 10.5. The van der Waals surface area contributed by atoms with E-state index in [1.807, 2.05) is 26.0 Å². The number of hydrogen-bond acceptors (Lipinski definition) is 4. The van der Waals surface area contributed by atoms with Crippen LogP contribution in [0, 0.1) is 0 Å². The molecule has 4 N–H and O–H groups in total. The maximum absolute atomic E-state index is 5.92. The second-order valence-electron chi connectivity index (χ2n) is 4.43. The first-order valence-electron chi connectivity index (χ1n) is 7.03. The molecular formula is C16H20N2O2Te2. The Kier molecular flexibility index (Phi) is 6.99. The van der Waals surface area contributed by atoms with Crippen LogP contribution in [0.25, 0.3) is 0 Å². The van der Waals surface area contributed by atoms with Gasteiger partial charge < -0.3 is 0 Å². The zero-order chi connectivity index (χ0) is 15.9. The molecule has 0 amide bonds. The number of hydrogen-bond donors (Lipinski definition) is 2. The van der Waals surface area contributed by atoms with Crippen LogP contribution in [0.4, 0.5) is 11.4 Å². The van der Waals surface area contributed by atoms with Crippen LogP contribution in [0.2, 0.25) is 0 Å². The average Bonchev–Trinajstić information content (AvgIpc) is 2.51. The molecule has 0 saturated carbocycles. The van der Waals surface area contributed by atoms with E-state index in [2.05, 4.69) is 24.3 Å². The van der Waals surface area contributed by atoms with Gasteiger partial charge >= 0.3 is 149 Å². The van der Waals surface area contributed by atoms with Crippen molar-refractivity contribution in [2.24, 2.45) is 0 Å². The van der Waals surface area contributed by atoms with Crippen LogP contribution in [0.5, 0.6) is 11.5 Å². The summed E-state index contributed by atoms with van der Waals surface area (Å²) < 4.78 is 13.9. The third-order valence-electron chi connectivity index (χ3n) is 2.80. The number of rotatable bonds is 7. The van der Waals surface area contributed by atoms with Crippen LogP contribution in [-0.2, 0) is 0 Å². The third-order valence-corrected chi connectivity index (χ3v) is 14.6. The molecule has 0 saturated heterocycles. The fourth-order valence-corrected chi connectivity index (χ4v) is 11.6. The Hall–Kier alpha value is -0.781. The summed E-state index contributed by atoms with van der Waals surface area (Å²) in [6.45, 7) is 5.22. The number of nitrogen functional groups attached to an aromatic ring is 2. The average molecular weight is 528 g/mol. The van der Waals surface area contributed by atoms with E-state index in [1.165, 1.54) is 7.22 Å². The first-order chi connectivity index (χ1) is 10.6. The molecule has 2 aromatic rings. The summed E-state index contributed by atoms with van der Waals surface area (Å²) in [5.74, 6) is 1.62. The van der Waals surface area contributed by atoms with Gasteiger partial charge in [0.25, 0.3) is 0 Å². The molecule has 0 heterocycles. The summed E-state index contributed by atoms with van der Waals surface area (Å²) >= 11 is -0.443.